The average Bonchev–Trinajstić information content (AvgIpc) is 2.99. The van der Waals surface area contributed by atoms with Crippen molar-refractivity contribution in [2.75, 3.05) is 51.1 Å². The summed E-state index contributed by atoms with van der Waals surface area (Å²) in [5.41, 5.74) is 0.807. The smallest absolute Gasteiger partial charge is 0.241 e. The molecule has 0 saturated carbocycles. The molecular formula is C21H31BrN4O2. The van der Waals surface area contributed by atoms with E-state index in [0.29, 0.717) is 6.54 Å². The zero-order chi connectivity index (χ0) is 19.9. The number of benzene rings is 1. The molecule has 1 atom stereocenters. The first-order valence-electron chi connectivity index (χ1n) is 10.3. The van der Waals surface area contributed by atoms with Crippen molar-refractivity contribution in [1.82, 2.24) is 14.7 Å². The number of anilines is 1. The van der Waals surface area contributed by atoms with Crippen LogP contribution in [0.15, 0.2) is 28.7 Å². The second kappa shape index (κ2) is 10.4. The van der Waals surface area contributed by atoms with Crippen LogP contribution in [0, 0.1) is 0 Å². The zero-order valence-electron chi connectivity index (χ0n) is 16.7. The Bertz CT molecular complexity index is 651. The fourth-order valence-corrected chi connectivity index (χ4v) is 4.13. The third-order valence-corrected chi connectivity index (χ3v) is 6.29. The lowest BCUT2D eigenvalue weighted by molar-refractivity contribution is -0.133. The number of rotatable bonds is 5. The van der Waals surface area contributed by atoms with Gasteiger partial charge in [-0.25, -0.2) is 0 Å². The molecule has 1 N–H and O–H groups in total. The number of halogens is 1. The summed E-state index contributed by atoms with van der Waals surface area (Å²) in [6.45, 7) is 7.55. The van der Waals surface area contributed by atoms with Crippen molar-refractivity contribution in [3.8, 4) is 0 Å². The first-order chi connectivity index (χ1) is 13.5. The van der Waals surface area contributed by atoms with Crippen LogP contribution in [-0.2, 0) is 9.59 Å². The molecule has 2 aliphatic heterocycles. The highest BCUT2D eigenvalue weighted by molar-refractivity contribution is 9.10. The van der Waals surface area contributed by atoms with E-state index in [1.54, 1.807) is 0 Å². The molecule has 0 radical (unpaired) electrons. The number of carbonyl (C=O) groups is 2. The molecule has 3 rings (SSSR count). The van der Waals surface area contributed by atoms with Crippen LogP contribution >= 0.6 is 15.9 Å². The summed E-state index contributed by atoms with van der Waals surface area (Å²) in [4.78, 5) is 31.6. The number of hydrogen-bond donors (Lipinski definition) is 1. The van der Waals surface area contributed by atoms with Crippen LogP contribution < -0.4 is 5.32 Å². The number of piperazine rings is 1. The van der Waals surface area contributed by atoms with Gasteiger partial charge in [-0.05, 0) is 44.0 Å². The molecule has 2 amide bonds. The van der Waals surface area contributed by atoms with E-state index in [1.165, 1.54) is 12.8 Å². The Balaban J connectivity index is 1.43. The minimum atomic E-state index is -0.188. The fraction of sp³-hybridized carbons (Fsp3) is 0.619. The maximum Gasteiger partial charge on any atom is 0.241 e. The molecule has 154 valence electrons. The van der Waals surface area contributed by atoms with E-state index >= 15 is 0 Å². The number of hydrogen-bond acceptors (Lipinski definition) is 4. The Morgan fingerprint density at radius 2 is 1.57 bits per heavy atom. The molecular weight excluding hydrogens is 420 g/mol. The van der Waals surface area contributed by atoms with Gasteiger partial charge in [0.25, 0.3) is 0 Å². The van der Waals surface area contributed by atoms with E-state index < -0.39 is 0 Å². The molecule has 2 heterocycles. The van der Waals surface area contributed by atoms with E-state index in [9.17, 15) is 9.59 Å². The van der Waals surface area contributed by atoms with Crippen molar-refractivity contribution in [2.24, 2.45) is 0 Å². The van der Waals surface area contributed by atoms with Gasteiger partial charge in [0.05, 0.1) is 12.6 Å². The van der Waals surface area contributed by atoms with Crippen molar-refractivity contribution in [1.29, 1.82) is 0 Å². The van der Waals surface area contributed by atoms with Crippen molar-refractivity contribution >= 4 is 33.4 Å². The molecule has 1 aromatic carbocycles. The van der Waals surface area contributed by atoms with E-state index in [1.807, 2.05) is 36.1 Å². The standard InChI is InChI=1S/C21H31BrN4O2/c1-17(21(28)23-19-8-6-18(22)7-9-19)25-14-12-24(13-15-25)16-20(27)26-10-4-2-3-5-11-26/h6-9,17H,2-5,10-16H2,1H3,(H,23,28)/t17-/m0/s1. The molecule has 28 heavy (non-hydrogen) atoms. The van der Waals surface area contributed by atoms with Gasteiger partial charge in [0, 0.05) is 49.4 Å². The molecule has 0 bridgehead atoms. The van der Waals surface area contributed by atoms with Crippen LogP contribution in [-0.4, -0.2) is 78.4 Å². The van der Waals surface area contributed by atoms with Crippen LogP contribution in [0.4, 0.5) is 5.69 Å². The average molecular weight is 451 g/mol. The molecule has 2 fully saturated rings. The van der Waals surface area contributed by atoms with Crippen LogP contribution in [0.25, 0.3) is 0 Å². The quantitative estimate of drug-likeness (QED) is 0.748. The third-order valence-electron chi connectivity index (χ3n) is 5.76. The van der Waals surface area contributed by atoms with Gasteiger partial charge in [-0.1, -0.05) is 28.8 Å². The second-order valence-corrected chi connectivity index (χ2v) is 8.69. The van der Waals surface area contributed by atoms with Gasteiger partial charge in [0.15, 0.2) is 0 Å². The summed E-state index contributed by atoms with van der Waals surface area (Å²) in [6.07, 6.45) is 4.74. The van der Waals surface area contributed by atoms with Crippen molar-refractivity contribution in [2.45, 2.75) is 38.6 Å². The van der Waals surface area contributed by atoms with Crippen LogP contribution in [0.1, 0.15) is 32.6 Å². The van der Waals surface area contributed by atoms with Crippen LogP contribution in [0.5, 0.6) is 0 Å². The van der Waals surface area contributed by atoms with Gasteiger partial charge in [-0.2, -0.15) is 0 Å². The SMILES string of the molecule is C[C@@H](C(=O)Nc1ccc(Br)cc1)N1CCN(CC(=O)N2CCCCCC2)CC1. The minimum absolute atomic E-state index is 0.0106. The summed E-state index contributed by atoms with van der Waals surface area (Å²) in [5, 5.41) is 2.98. The van der Waals surface area contributed by atoms with E-state index in [2.05, 4.69) is 31.0 Å². The first kappa shape index (κ1) is 21.3. The molecule has 6 nitrogen and oxygen atoms in total. The van der Waals surface area contributed by atoms with Crippen molar-refractivity contribution < 1.29 is 9.59 Å². The van der Waals surface area contributed by atoms with Crippen LogP contribution in [0.2, 0.25) is 0 Å². The molecule has 2 saturated heterocycles. The highest BCUT2D eigenvalue weighted by Crippen LogP contribution is 2.16. The summed E-state index contributed by atoms with van der Waals surface area (Å²) in [6, 6.07) is 7.43. The highest BCUT2D eigenvalue weighted by Gasteiger charge is 2.27. The van der Waals surface area contributed by atoms with Gasteiger partial charge in [-0.3, -0.25) is 19.4 Å². The molecule has 0 aliphatic carbocycles. The summed E-state index contributed by atoms with van der Waals surface area (Å²) < 4.78 is 0.990. The number of amides is 2. The number of carbonyl (C=O) groups excluding carboxylic acids is 2. The van der Waals surface area contributed by atoms with Crippen molar-refractivity contribution in [3.05, 3.63) is 28.7 Å². The van der Waals surface area contributed by atoms with E-state index in [4.69, 9.17) is 0 Å². The third kappa shape index (κ3) is 6.03. The largest absolute Gasteiger partial charge is 0.342 e. The lowest BCUT2D eigenvalue weighted by atomic mass is 10.2. The van der Waals surface area contributed by atoms with Gasteiger partial charge in [0.2, 0.25) is 11.8 Å². The molecule has 2 aliphatic rings. The lowest BCUT2D eigenvalue weighted by Crippen LogP contribution is -2.54. The topological polar surface area (TPSA) is 55.9 Å². The summed E-state index contributed by atoms with van der Waals surface area (Å²) >= 11 is 3.40. The number of nitrogens with zero attached hydrogens (tertiary/aromatic N) is 3. The predicted octanol–water partition coefficient (Wildman–Crippen LogP) is 2.80. The predicted molar refractivity (Wildman–Crippen MR) is 115 cm³/mol. The Labute approximate surface area is 176 Å². The van der Waals surface area contributed by atoms with Crippen molar-refractivity contribution in [3.63, 3.8) is 0 Å². The fourth-order valence-electron chi connectivity index (χ4n) is 3.87. The van der Waals surface area contributed by atoms with Gasteiger partial charge >= 0.3 is 0 Å². The summed E-state index contributed by atoms with van der Waals surface area (Å²) in [7, 11) is 0. The van der Waals surface area contributed by atoms with Gasteiger partial charge < -0.3 is 10.2 Å². The van der Waals surface area contributed by atoms with E-state index in [-0.39, 0.29) is 17.9 Å². The second-order valence-electron chi connectivity index (χ2n) is 7.78. The lowest BCUT2D eigenvalue weighted by Gasteiger charge is -2.37. The Morgan fingerprint density at radius 1 is 0.964 bits per heavy atom. The zero-order valence-corrected chi connectivity index (χ0v) is 18.3. The van der Waals surface area contributed by atoms with Gasteiger partial charge in [-0.15, -0.1) is 0 Å². The molecule has 0 aromatic heterocycles. The molecule has 7 heteroatoms. The van der Waals surface area contributed by atoms with Crippen LogP contribution in [0.3, 0.4) is 0 Å². The minimum Gasteiger partial charge on any atom is -0.342 e. The number of likely N-dealkylation sites (tertiary alicyclic amines) is 1. The highest BCUT2D eigenvalue weighted by atomic mass is 79.9. The maximum absolute atomic E-state index is 12.6. The van der Waals surface area contributed by atoms with E-state index in [0.717, 1.165) is 62.3 Å². The normalized spacial score (nSPS) is 20.4. The molecule has 0 unspecified atom stereocenters. The monoisotopic (exact) mass is 450 g/mol. The first-order valence-corrected chi connectivity index (χ1v) is 11.1. The Kier molecular flexibility index (Phi) is 7.88. The summed E-state index contributed by atoms with van der Waals surface area (Å²) in [5.74, 6) is 0.271. The molecule has 0 spiro atoms. The maximum atomic E-state index is 12.6. The molecule has 1 aromatic rings. The Hall–Kier alpha value is -1.44. The van der Waals surface area contributed by atoms with Gasteiger partial charge in [0.1, 0.15) is 0 Å². The number of nitrogens with one attached hydrogen (secondary N) is 1. The Morgan fingerprint density at radius 3 is 2.18 bits per heavy atom.